The van der Waals surface area contributed by atoms with Crippen molar-refractivity contribution in [2.45, 2.75) is 246 Å². The van der Waals surface area contributed by atoms with Crippen molar-refractivity contribution in [3.05, 3.63) is 0 Å². The quantitative estimate of drug-likeness (QED) is 0.0315. The van der Waals surface area contributed by atoms with E-state index in [1.165, 1.54) is 0 Å². The Balaban J connectivity index is 0.0000102. The number of aliphatic hydroxyl groups is 16. The third kappa shape index (κ3) is 38.3. The average molecular weight is 2110 g/mol. The molecule has 128 heavy (non-hydrogen) atoms. The summed E-state index contributed by atoms with van der Waals surface area (Å²) in [5, 5.41) is 187. The monoisotopic (exact) mass is 2110 g/mol. The first-order chi connectivity index (χ1) is 55.1. The van der Waals surface area contributed by atoms with E-state index >= 15 is 0 Å². The summed E-state index contributed by atoms with van der Waals surface area (Å²) in [5.41, 5.74) is 0. The van der Waals surface area contributed by atoms with Gasteiger partial charge < -0.3 is 272 Å². The summed E-state index contributed by atoms with van der Waals surface area (Å²) >= 11 is 0. The van der Waals surface area contributed by atoms with Crippen LogP contribution in [-0.4, -0.2) is 419 Å². The van der Waals surface area contributed by atoms with Crippen molar-refractivity contribution >= 4 is 62.6 Å². The Labute approximate surface area is 895 Å². The molecule has 30 heterocycles. The number of phosphoric acid groups is 8. The van der Waals surface area contributed by atoms with Gasteiger partial charge in [-0.3, -0.25) is 36.5 Å². The summed E-state index contributed by atoms with van der Waals surface area (Å²) < 4.78 is 221. The molecule has 48 unspecified atom stereocenters. The van der Waals surface area contributed by atoms with Crippen LogP contribution in [0.2, 0.25) is 0 Å². The van der Waals surface area contributed by atoms with Gasteiger partial charge in [0.15, 0.2) is 50.3 Å². The molecule has 0 aliphatic carbocycles. The Morgan fingerprint density at radius 1 is 0.164 bits per heavy atom. The van der Waals surface area contributed by atoms with Crippen molar-refractivity contribution in [2.75, 3.05) is 52.9 Å². The predicted molar refractivity (Wildman–Crippen MR) is 331 cm³/mol. The molecule has 0 aromatic carbocycles. The third-order valence-corrected chi connectivity index (χ3v) is 22.5. The summed E-state index contributed by atoms with van der Waals surface area (Å²) in [6.45, 7) is -13.5. The van der Waals surface area contributed by atoms with E-state index in [-0.39, 0.29) is 236 Å². The van der Waals surface area contributed by atoms with Gasteiger partial charge in [0, 0.05) is 0 Å². The van der Waals surface area contributed by atoms with Crippen molar-refractivity contribution in [3.8, 4) is 0 Å². The fourth-order valence-corrected chi connectivity index (χ4v) is 15.8. The maximum absolute atomic E-state index is 12.1. The Hall–Kier alpha value is 7.60. The summed E-state index contributed by atoms with van der Waals surface area (Å²) in [4.78, 5) is 174. The van der Waals surface area contributed by atoms with Gasteiger partial charge in [-0.25, -0.2) is 0 Å². The second-order valence-electron chi connectivity index (χ2n) is 27.1. The van der Waals surface area contributed by atoms with Gasteiger partial charge in [-0.15, -0.1) is 0 Å². The second-order valence-corrected chi connectivity index (χ2v) is 36.7. The molecule has 30 rings (SSSR count). The minimum absolute atomic E-state index is 0. The van der Waals surface area contributed by atoms with E-state index in [4.69, 9.17) is 75.8 Å². The van der Waals surface area contributed by atoms with E-state index in [1.54, 1.807) is 0 Å². The molecule has 16 bridgehead atoms. The van der Waals surface area contributed by atoms with Gasteiger partial charge in [0.2, 0.25) is 0 Å². The fraction of sp³-hybridized carbons (Fsp3) is 1.00. The molecule has 30 fully saturated rings. The molecule has 80 heteroatoms. The molecular weight excluding hydrogens is 2030 g/mol. The normalized spacial score (nSPS) is 45.1. The first-order valence-electron chi connectivity index (χ1n) is 33.9. The number of hydrogen-bond donors (Lipinski definition) is 24. The standard InChI is InChI=1S/C48H88O64P8.8Na/c49-17-25(57)41-97-9(1-89-113(65,66)67)33(17)105-42-26(58)18(50)35(11(98-42)3-91-115(71,72)73)107-44-28(60)20(52)37(13(100-44)5-93-117(77,78)79)109-46-30(62)22(54)39(15(102-46)7-95-119(83,84)85)111-48-32(64)24(56)40(16(104-48)8-96-120(86,87)88)112-47-31(63)23(55)38(14(103-47)6-94-118(80,81)82)110-45-29(61)21(53)36(12(101-45)4-92-116(74,75)76)108-43-27(59)19(51)34(106-41)10(99-43)2-90-114(68,69)70;;;;;;;;/h9-64H,1-8H2,(H2,65,66,67)(H2,68,69,70)(H2,71,72,73)(H2,74,75,76)(H2,77,78,79)(H2,80,81,82)(H2,83,84,85)(H2,86,87,88);;;;;;;;/q;8*+1/p-8. The van der Waals surface area contributed by atoms with Gasteiger partial charge in [0.25, 0.3) is 62.6 Å². The van der Waals surface area contributed by atoms with Crippen LogP contribution >= 0.6 is 62.6 Å². The van der Waals surface area contributed by atoms with Crippen molar-refractivity contribution < 1.29 is 545 Å². The van der Waals surface area contributed by atoms with Crippen molar-refractivity contribution in [1.82, 2.24) is 0 Å². The van der Waals surface area contributed by atoms with E-state index in [2.05, 4.69) is 36.2 Å². The van der Waals surface area contributed by atoms with E-state index in [9.17, 15) is 197 Å². The second kappa shape index (κ2) is 55.7. The van der Waals surface area contributed by atoms with Crippen LogP contribution in [0.1, 0.15) is 0 Å². The van der Waals surface area contributed by atoms with Gasteiger partial charge >= 0.3 is 236 Å². The van der Waals surface area contributed by atoms with Crippen LogP contribution in [0.25, 0.3) is 0 Å². The Bertz CT molecular complexity index is 3050. The van der Waals surface area contributed by atoms with Crippen molar-refractivity contribution in [2.24, 2.45) is 0 Å². The minimum atomic E-state index is -6.05. The zero-order valence-corrected chi connectivity index (χ0v) is 90.5. The fourth-order valence-electron chi connectivity index (χ4n) is 13.1. The van der Waals surface area contributed by atoms with E-state index in [0.29, 0.717) is 0 Å². The number of rotatable bonds is 24. The Kier molecular flexibility index (Phi) is 58.2. The van der Waals surface area contributed by atoms with Crippen molar-refractivity contribution in [3.63, 3.8) is 0 Å². The summed E-state index contributed by atoms with van der Waals surface area (Å²) in [6, 6.07) is 0. The van der Waals surface area contributed by atoms with Crippen LogP contribution in [0.15, 0.2) is 0 Å². The van der Waals surface area contributed by atoms with Gasteiger partial charge in [0.1, 0.15) is 195 Å². The Morgan fingerprint density at radius 2 is 0.242 bits per heavy atom. The van der Waals surface area contributed by atoms with Gasteiger partial charge in [-0.2, -0.15) is 0 Å². The van der Waals surface area contributed by atoms with Gasteiger partial charge in [-0.1, -0.05) is 0 Å². The smallest absolute Gasteiger partial charge is 0.756 e. The number of aliphatic hydroxyl groups excluding tert-OH is 16. The molecule has 0 amide bonds. The SMILES string of the molecule is O=P([O-])(O)OCC1OC2OC3C(COP(=O)([O-])O)OC(OC4C(COP(=O)([O-])O)OC(OC5C(COP(=O)([O-])O)OC(OC6C(COP(=O)([O-])O)OC(OC7C(COP(=O)([O-])O)OC(OC8C(COP(=O)([O-])O)OC(OC9C(COP(=O)([O-])O)OC(OC1C(O)C2O)C(O)C9O)C(O)C8O)C(O)C7O)C(O)C6O)C(O)C5O)C(O)C4O)C(O)C3O.[Na+].[Na+].[Na+].[Na+].[Na+].[Na+].[Na+].[Na+]. The van der Waals surface area contributed by atoms with E-state index in [1.807, 2.05) is 0 Å². The molecule has 704 valence electrons. The first kappa shape index (κ1) is 134. The van der Waals surface area contributed by atoms with Crippen molar-refractivity contribution in [1.29, 1.82) is 0 Å². The first-order valence-corrected chi connectivity index (χ1v) is 45.9. The van der Waals surface area contributed by atoms with Gasteiger partial charge in [-0.05, 0) is 0 Å². The van der Waals surface area contributed by atoms with Crippen LogP contribution in [0.4, 0.5) is 0 Å². The summed E-state index contributed by atoms with van der Waals surface area (Å²) in [7, 11) is -48.4. The molecule has 48 atom stereocenters. The maximum Gasteiger partial charge on any atom is 1.00 e. The zero-order valence-electron chi connectivity index (χ0n) is 67.4. The van der Waals surface area contributed by atoms with E-state index in [0.717, 1.165) is 0 Å². The molecule has 0 aromatic heterocycles. The molecule has 24 N–H and O–H groups in total. The molecule has 30 aliphatic rings. The summed E-state index contributed by atoms with van der Waals surface area (Å²) in [6.07, 6.45) is -109. The molecule has 0 radical (unpaired) electrons. The number of ether oxygens (including phenoxy) is 16. The predicted octanol–water partition coefficient (Wildman–Crippen LogP) is -45.5. The average Bonchev–Trinajstić information content (AvgIpc) is 0.768. The van der Waals surface area contributed by atoms with Crippen LogP contribution < -0.4 is 276 Å². The number of hydrogen-bond acceptors (Lipinski definition) is 56. The largest absolute Gasteiger partial charge is 1.00 e. The zero-order chi connectivity index (χ0) is 89.7. The number of phosphoric ester groups is 8. The molecule has 0 aromatic rings. The molecular formula is C48H80Na8O64P8. The molecule has 0 saturated carbocycles. The molecule has 0 spiro atoms. The molecule has 30 aliphatic heterocycles. The van der Waals surface area contributed by atoms with Crippen LogP contribution in [-0.2, 0) is 149 Å². The molecule has 64 nitrogen and oxygen atoms in total. The third-order valence-electron chi connectivity index (χ3n) is 18.7. The topological polar surface area (TPSA) is 1030 Å². The van der Waals surface area contributed by atoms with Crippen LogP contribution in [0, 0.1) is 0 Å². The van der Waals surface area contributed by atoms with Gasteiger partial charge in [0.05, 0.1) is 52.9 Å². The van der Waals surface area contributed by atoms with Crippen LogP contribution in [0.3, 0.4) is 0 Å². The van der Waals surface area contributed by atoms with Crippen LogP contribution in [0.5, 0.6) is 0 Å². The maximum atomic E-state index is 12.1. The minimum Gasteiger partial charge on any atom is -0.756 e. The molecule has 30 saturated heterocycles. The summed E-state index contributed by atoms with van der Waals surface area (Å²) in [5.74, 6) is 0. The Morgan fingerprint density at radius 3 is 0.312 bits per heavy atom. The van der Waals surface area contributed by atoms with E-state index < -0.39 is 361 Å².